The quantitative estimate of drug-likeness (QED) is 0.197. The van der Waals surface area contributed by atoms with Gasteiger partial charge in [-0.15, -0.1) is 0 Å². The number of amides is 3. The number of ether oxygens (including phenoxy) is 7. The largest absolute Gasteiger partial charge is 0.458 e. The first-order chi connectivity index (χ1) is 29.1. The molecule has 348 valence electrons. The Balaban J connectivity index is 1.62. The second kappa shape index (κ2) is 20.1. The average molecular weight is 894 g/mol. The van der Waals surface area contributed by atoms with E-state index in [1.807, 2.05) is 32.9 Å². The maximum Gasteiger partial charge on any atom is 0.419 e. The maximum absolute atomic E-state index is 14.9. The molecule has 3 amide bonds. The number of carbonyl (C=O) groups is 5. The van der Waals surface area contributed by atoms with Gasteiger partial charge in [0.2, 0.25) is 0 Å². The number of rotatable bonds is 10. The number of aliphatic hydroxyl groups is 1. The fourth-order valence-corrected chi connectivity index (χ4v) is 10.1. The van der Waals surface area contributed by atoms with Gasteiger partial charge >= 0.3 is 24.2 Å². The van der Waals surface area contributed by atoms with Gasteiger partial charge in [-0.25, -0.2) is 19.3 Å². The standard InChI is InChI=1S/C45H68ClN3O13/c1-13-33-45(11)37(48(41(53)62-45)19-18-30-14-16-31(46)17-15-30)27(7)34(50)24(4)21-44(10,56-12)38(61-40-35(51)32(47-23(2)3)20-26(6)58-40)28(8)36(29(9)39(52)59-33)60-43(55)49-25(5)22-57-42(49)54/h14-17,23-29,32-33,35-38,40,47,51H,13,18-22H2,1-12H3/t24-,25+,26-,27+,28+,29-,32+,33-,35-,36+,37-,38-,40+,44+,45-/m1/s1. The van der Waals surface area contributed by atoms with Gasteiger partial charge in [-0.1, -0.05) is 65.3 Å². The molecule has 0 saturated carbocycles. The van der Waals surface area contributed by atoms with Crippen LogP contribution in [-0.2, 0) is 49.2 Å². The third kappa shape index (κ3) is 10.4. The molecule has 1 aromatic rings. The first kappa shape index (κ1) is 49.5. The summed E-state index contributed by atoms with van der Waals surface area (Å²) in [6, 6.07) is 5.36. The van der Waals surface area contributed by atoms with Crippen LogP contribution in [-0.4, -0.2) is 137 Å². The molecule has 4 aliphatic heterocycles. The number of ketones is 1. The number of carbonyl (C=O) groups excluding carboxylic acids is 5. The fourth-order valence-electron chi connectivity index (χ4n) is 10.0. The second-order valence-electron chi connectivity index (χ2n) is 18.5. The van der Waals surface area contributed by atoms with Crippen LogP contribution in [0.1, 0.15) is 101 Å². The van der Waals surface area contributed by atoms with Crippen LogP contribution in [0.2, 0.25) is 5.02 Å². The number of halogens is 1. The minimum atomic E-state index is -1.49. The molecular weight excluding hydrogens is 826 g/mol. The number of esters is 1. The monoisotopic (exact) mass is 893 g/mol. The zero-order valence-corrected chi connectivity index (χ0v) is 39.0. The summed E-state index contributed by atoms with van der Waals surface area (Å²) < 4.78 is 43.2. The van der Waals surface area contributed by atoms with Crippen molar-refractivity contribution in [1.82, 2.24) is 15.1 Å². The van der Waals surface area contributed by atoms with E-state index in [0.717, 1.165) is 10.5 Å². The van der Waals surface area contributed by atoms with E-state index < -0.39 is 108 Å². The van der Waals surface area contributed by atoms with Gasteiger partial charge < -0.3 is 43.6 Å². The molecule has 17 heteroatoms. The van der Waals surface area contributed by atoms with Crippen molar-refractivity contribution >= 4 is 41.6 Å². The molecule has 0 radical (unpaired) electrons. The molecule has 0 aliphatic carbocycles. The van der Waals surface area contributed by atoms with E-state index in [0.29, 0.717) is 17.9 Å². The molecule has 4 aliphatic rings. The third-order valence-corrected chi connectivity index (χ3v) is 13.6. The van der Waals surface area contributed by atoms with E-state index in [4.69, 9.17) is 44.8 Å². The van der Waals surface area contributed by atoms with Gasteiger partial charge in [0.1, 0.15) is 30.7 Å². The summed E-state index contributed by atoms with van der Waals surface area (Å²) in [6.07, 6.45) is -7.64. The molecule has 5 rings (SSSR count). The van der Waals surface area contributed by atoms with Crippen molar-refractivity contribution < 1.29 is 62.2 Å². The highest BCUT2D eigenvalue weighted by Gasteiger charge is 2.60. The Hall–Kier alpha value is -3.54. The molecular formula is C45H68ClN3O13. The molecule has 0 bridgehead atoms. The molecule has 0 aromatic heterocycles. The van der Waals surface area contributed by atoms with Crippen molar-refractivity contribution in [2.24, 2.45) is 23.7 Å². The van der Waals surface area contributed by atoms with Crippen molar-refractivity contribution in [2.45, 2.75) is 174 Å². The highest BCUT2D eigenvalue weighted by molar-refractivity contribution is 6.30. The van der Waals surface area contributed by atoms with Gasteiger partial charge in [0.15, 0.2) is 11.9 Å². The van der Waals surface area contributed by atoms with Gasteiger partial charge in [0, 0.05) is 48.5 Å². The van der Waals surface area contributed by atoms with Crippen LogP contribution >= 0.6 is 11.6 Å². The van der Waals surface area contributed by atoms with E-state index in [9.17, 15) is 29.1 Å². The Kier molecular flexibility index (Phi) is 16.0. The third-order valence-electron chi connectivity index (χ3n) is 13.3. The lowest BCUT2D eigenvalue weighted by atomic mass is 9.73. The highest BCUT2D eigenvalue weighted by atomic mass is 35.5. The zero-order chi connectivity index (χ0) is 46.0. The van der Waals surface area contributed by atoms with Gasteiger partial charge in [0.05, 0.1) is 35.8 Å². The smallest absolute Gasteiger partial charge is 0.419 e. The van der Waals surface area contributed by atoms with E-state index in [1.54, 1.807) is 72.4 Å². The predicted molar refractivity (Wildman–Crippen MR) is 227 cm³/mol. The number of hydrogen-bond acceptors (Lipinski definition) is 14. The molecule has 1 aromatic carbocycles. The Morgan fingerprint density at radius 1 is 1.02 bits per heavy atom. The number of aliphatic hydroxyl groups excluding tert-OH is 1. The number of nitrogens with one attached hydrogen (secondary N) is 1. The molecule has 4 heterocycles. The zero-order valence-electron chi connectivity index (χ0n) is 38.3. The molecule has 4 fully saturated rings. The normalized spacial score (nSPS) is 38.6. The topological polar surface area (TPSA) is 189 Å². The van der Waals surface area contributed by atoms with Crippen LogP contribution in [0.15, 0.2) is 24.3 Å². The van der Waals surface area contributed by atoms with Crippen molar-refractivity contribution in [2.75, 3.05) is 20.3 Å². The van der Waals surface area contributed by atoms with Gasteiger partial charge in [-0.2, -0.15) is 0 Å². The van der Waals surface area contributed by atoms with Crippen LogP contribution in [0.4, 0.5) is 14.4 Å². The molecule has 16 nitrogen and oxygen atoms in total. The molecule has 0 unspecified atom stereocenters. The first-order valence-corrected chi connectivity index (χ1v) is 22.4. The van der Waals surface area contributed by atoms with Crippen LogP contribution in [0.25, 0.3) is 0 Å². The SMILES string of the molecule is CC[C@H]1OC(=O)[C@H](C)[C@@H](OC(=O)N2C(=O)OC[C@@H]2C)[C@H](C)[C@@H](O[C@@H]2O[C@H](C)C[C@H](NC(C)C)[C@H]2O)[C@@](C)(OC)C[C@@H](C)C(=O)[C@H](C)[C@H]2N(CCc3ccc(Cl)cc3)C(=O)O[C@]12C. The molecule has 62 heavy (non-hydrogen) atoms. The summed E-state index contributed by atoms with van der Waals surface area (Å²) in [4.78, 5) is 72.7. The number of Topliss-reactive ketones (excluding diaryl/α,β-unsaturated/α-hetero) is 1. The highest BCUT2D eigenvalue weighted by Crippen LogP contribution is 2.44. The summed E-state index contributed by atoms with van der Waals surface area (Å²) in [5, 5.41) is 15.7. The van der Waals surface area contributed by atoms with Crippen molar-refractivity contribution in [1.29, 1.82) is 0 Å². The van der Waals surface area contributed by atoms with Crippen molar-refractivity contribution in [3.63, 3.8) is 0 Å². The van der Waals surface area contributed by atoms with Gasteiger partial charge in [0.25, 0.3) is 0 Å². The van der Waals surface area contributed by atoms with Gasteiger partial charge in [-0.3, -0.25) is 14.5 Å². The summed E-state index contributed by atoms with van der Waals surface area (Å²) >= 11 is 6.14. The summed E-state index contributed by atoms with van der Waals surface area (Å²) in [5.74, 6) is -4.69. The second-order valence-corrected chi connectivity index (χ2v) is 19.0. The summed E-state index contributed by atoms with van der Waals surface area (Å²) in [5.41, 5.74) is -1.95. The molecule has 0 spiro atoms. The van der Waals surface area contributed by atoms with Crippen LogP contribution in [0.5, 0.6) is 0 Å². The molecule has 15 atom stereocenters. The lowest BCUT2D eigenvalue weighted by Gasteiger charge is -2.48. The van der Waals surface area contributed by atoms with E-state index in [-0.39, 0.29) is 43.9 Å². The summed E-state index contributed by atoms with van der Waals surface area (Å²) in [7, 11) is 1.47. The Bertz CT molecular complexity index is 1770. The fraction of sp³-hybridized carbons (Fsp3) is 0.756. The number of nitrogens with zero attached hydrogens (tertiary/aromatic N) is 2. The maximum atomic E-state index is 14.9. The van der Waals surface area contributed by atoms with E-state index >= 15 is 0 Å². The molecule has 4 saturated heterocycles. The number of fused-ring (bicyclic) bond motifs is 1. The van der Waals surface area contributed by atoms with Crippen LogP contribution in [0, 0.1) is 23.7 Å². The lowest BCUT2D eigenvalue weighted by molar-refractivity contribution is -0.297. The van der Waals surface area contributed by atoms with E-state index in [2.05, 4.69) is 5.32 Å². The number of benzene rings is 1. The predicted octanol–water partition coefficient (Wildman–Crippen LogP) is 6.30. The van der Waals surface area contributed by atoms with Crippen LogP contribution in [0.3, 0.4) is 0 Å². The number of cyclic esters (lactones) is 2. The average Bonchev–Trinajstić information content (AvgIpc) is 3.69. The minimum Gasteiger partial charge on any atom is -0.458 e. The van der Waals surface area contributed by atoms with E-state index in [1.165, 1.54) is 7.11 Å². The molecule has 2 N–H and O–H groups in total. The first-order valence-electron chi connectivity index (χ1n) is 22.0. The number of hydrogen-bond donors (Lipinski definition) is 2. The Morgan fingerprint density at radius 2 is 1.68 bits per heavy atom. The van der Waals surface area contributed by atoms with Gasteiger partial charge in [-0.05, 0) is 78.0 Å². The Morgan fingerprint density at radius 3 is 2.26 bits per heavy atom. The number of imide groups is 1. The van der Waals surface area contributed by atoms with Crippen molar-refractivity contribution in [3.05, 3.63) is 34.9 Å². The lowest BCUT2D eigenvalue weighted by Crippen LogP contribution is -2.61. The Labute approximate surface area is 370 Å². The van der Waals surface area contributed by atoms with Crippen molar-refractivity contribution in [3.8, 4) is 0 Å². The summed E-state index contributed by atoms with van der Waals surface area (Å²) in [6.45, 7) is 19.6. The number of methoxy groups -OCH3 is 1. The minimum absolute atomic E-state index is 0.0324. The van der Waals surface area contributed by atoms with Crippen LogP contribution < -0.4 is 5.32 Å².